The summed E-state index contributed by atoms with van der Waals surface area (Å²) in [4.78, 5) is 12.8. The van der Waals surface area contributed by atoms with Crippen LogP contribution in [0.5, 0.6) is 0 Å². The second-order valence-corrected chi connectivity index (χ2v) is 6.46. The van der Waals surface area contributed by atoms with Gasteiger partial charge in [-0.2, -0.15) is 0 Å². The molecule has 1 heterocycles. The summed E-state index contributed by atoms with van der Waals surface area (Å²) in [7, 11) is 0. The minimum Gasteiger partial charge on any atom is -0.465 e. The number of furan rings is 1. The topological polar surface area (TPSA) is 42.2 Å². The fraction of sp³-hybridized carbons (Fsp3) is 0.227. The van der Waals surface area contributed by atoms with Crippen LogP contribution in [0.25, 0.3) is 11.1 Å². The fourth-order valence-corrected chi connectivity index (χ4v) is 3.08. The molecule has 134 valence electrons. The average Bonchev–Trinajstić information content (AvgIpc) is 2.91. The lowest BCUT2D eigenvalue weighted by Crippen LogP contribution is -2.26. The highest BCUT2D eigenvalue weighted by Crippen LogP contribution is 2.32. The van der Waals surface area contributed by atoms with E-state index in [9.17, 15) is 9.18 Å². The maximum absolute atomic E-state index is 13.0. The van der Waals surface area contributed by atoms with Crippen molar-refractivity contribution in [3.63, 3.8) is 0 Å². The monoisotopic (exact) mass is 351 g/mol. The first kappa shape index (κ1) is 17.9. The van der Waals surface area contributed by atoms with E-state index in [2.05, 4.69) is 5.32 Å². The van der Waals surface area contributed by atoms with E-state index < -0.39 is 0 Å². The van der Waals surface area contributed by atoms with E-state index in [1.807, 2.05) is 38.1 Å². The molecule has 26 heavy (non-hydrogen) atoms. The first-order valence-corrected chi connectivity index (χ1v) is 8.65. The van der Waals surface area contributed by atoms with Crippen LogP contribution in [-0.4, -0.2) is 12.5 Å². The molecule has 0 aliphatic rings. The molecule has 0 atom stereocenters. The van der Waals surface area contributed by atoms with Gasteiger partial charge in [0.1, 0.15) is 17.3 Å². The van der Waals surface area contributed by atoms with Crippen LogP contribution in [0.15, 0.2) is 52.9 Å². The molecule has 4 heteroatoms. The van der Waals surface area contributed by atoms with E-state index in [-0.39, 0.29) is 11.7 Å². The molecule has 0 saturated carbocycles. The minimum atomic E-state index is -0.259. The van der Waals surface area contributed by atoms with Gasteiger partial charge in [0.25, 0.3) is 5.91 Å². The first-order chi connectivity index (χ1) is 12.5. The van der Waals surface area contributed by atoms with E-state index in [4.69, 9.17) is 4.42 Å². The van der Waals surface area contributed by atoms with E-state index >= 15 is 0 Å². The van der Waals surface area contributed by atoms with Gasteiger partial charge in [-0.15, -0.1) is 0 Å². The third kappa shape index (κ3) is 3.85. The number of carbonyl (C=O) groups excluding carboxylic acids is 1. The van der Waals surface area contributed by atoms with Crippen molar-refractivity contribution < 1.29 is 13.6 Å². The van der Waals surface area contributed by atoms with Gasteiger partial charge in [0.2, 0.25) is 0 Å². The molecule has 1 aromatic heterocycles. The number of rotatable bonds is 5. The van der Waals surface area contributed by atoms with Crippen molar-refractivity contribution in [2.45, 2.75) is 27.2 Å². The first-order valence-electron chi connectivity index (χ1n) is 8.65. The predicted octanol–water partition coefficient (Wildman–Crippen LogP) is 4.98. The molecule has 0 unspecified atom stereocenters. The Morgan fingerprint density at radius 3 is 2.27 bits per heavy atom. The molecule has 3 rings (SSSR count). The van der Waals surface area contributed by atoms with Crippen LogP contribution >= 0.6 is 0 Å². The van der Waals surface area contributed by atoms with Gasteiger partial charge in [0.15, 0.2) is 0 Å². The van der Waals surface area contributed by atoms with Gasteiger partial charge in [-0.25, -0.2) is 4.39 Å². The van der Waals surface area contributed by atoms with Gasteiger partial charge < -0.3 is 9.73 Å². The van der Waals surface area contributed by atoms with E-state index in [1.54, 1.807) is 19.1 Å². The number of carbonyl (C=O) groups is 1. The number of nitrogens with one attached hydrogen (secondary N) is 1. The summed E-state index contributed by atoms with van der Waals surface area (Å²) in [5.41, 5.74) is 4.52. The summed E-state index contributed by atoms with van der Waals surface area (Å²) in [6.45, 7) is 6.18. The van der Waals surface area contributed by atoms with Gasteiger partial charge in [-0.1, -0.05) is 42.0 Å². The molecule has 0 bridgehead atoms. The normalized spacial score (nSPS) is 10.8. The number of hydrogen-bond acceptors (Lipinski definition) is 2. The molecule has 0 saturated heterocycles. The summed E-state index contributed by atoms with van der Waals surface area (Å²) in [6.07, 6.45) is 0.641. The van der Waals surface area contributed by atoms with Crippen molar-refractivity contribution in [2.75, 3.05) is 6.54 Å². The van der Waals surface area contributed by atoms with Crippen LogP contribution in [0.3, 0.4) is 0 Å². The molecule has 1 amide bonds. The zero-order valence-corrected chi connectivity index (χ0v) is 15.2. The van der Waals surface area contributed by atoms with Crippen LogP contribution in [-0.2, 0) is 6.42 Å². The molecular formula is C22H22FNO2. The highest BCUT2D eigenvalue weighted by atomic mass is 19.1. The van der Waals surface area contributed by atoms with Crippen molar-refractivity contribution in [3.8, 4) is 11.1 Å². The van der Waals surface area contributed by atoms with Crippen molar-refractivity contribution in [1.82, 2.24) is 5.32 Å². The number of halogens is 1. The van der Waals surface area contributed by atoms with Gasteiger partial charge in [-0.05, 0) is 50.5 Å². The van der Waals surface area contributed by atoms with Gasteiger partial charge in [0.05, 0.1) is 5.56 Å². The van der Waals surface area contributed by atoms with E-state index in [1.165, 1.54) is 12.1 Å². The summed E-state index contributed by atoms with van der Waals surface area (Å²) in [5.74, 6) is 0.925. The lowest BCUT2D eigenvalue weighted by molar-refractivity contribution is 0.0953. The van der Waals surface area contributed by atoms with Crippen LogP contribution in [0.1, 0.15) is 33.0 Å². The van der Waals surface area contributed by atoms with E-state index in [0.717, 1.165) is 28.0 Å². The fourth-order valence-electron chi connectivity index (χ4n) is 3.08. The lowest BCUT2D eigenvalue weighted by Gasteiger charge is -2.08. The van der Waals surface area contributed by atoms with Crippen molar-refractivity contribution in [3.05, 3.63) is 82.6 Å². The third-order valence-electron chi connectivity index (χ3n) is 4.44. The van der Waals surface area contributed by atoms with Gasteiger partial charge in [0, 0.05) is 12.1 Å². The molecule has 3 nitrogen and oxygen atoms in total. The maximum atomic E-state index is 13.0. The van der Waals surface area contributed by atoms with Crippen molar-refractivity contribution in [1.29, 1.82) is 0 Å². The second kappa shape index (κ2) is 7.56. The predicted molar refractivity (Wildman–Crippen MR) is 101 cm³/mol. The SMILES string of the molecule is Cc1ccc(-c2c(C)oc(C)c2C(=O)NCCc2ccc(F)cc2)cc1. The summed E-state index contributed by atoms with van der Waals surface area (Å²) >= 11 is 0. The Labute approximate surface area is 152 Å². The van der Waals surface area contributed by atoms with Crippen LogP contribution in [0.2, 0.25) is 0 Å². The summed E-state index contributed by atoms with van der Waals surface area (Å²) in [6, 6.07) is 14.4. The highest BCUT2D eigenvalue weighted by Gasteiger charge is 2.22. The summed E-state index contributed by atoms with van der Waals surface area (Å²) < 4.78 is 18.7. The van der Waals surface area contributed by atoms with Gasteiger partial charge in [-0.3, -0.25) is 4.79 Å². The number of amides is 1. The Bertz CT molecular complexity index is 909. The Kier molecular flexibility index (Phi) is 5.21. The largest absolute Gasteiger partial charge is 0.465 e. The molecular weight excluding hydrogens is 329 g/mol. The summed E-state index contributed by atoms with van der Waals surface area (Å²) in [5, 5.41) is 2.95. The van der Waals surface area contributed by atoms with Crippen molar-refractivity contribution in [2.24, 2.45) is 0 Å². The minimum absolute atomic E-state index is 0.156. The quantitative estimate of drug-likeness (QED) is 0.704. The molecule has 0 radical (unpaired) electrons. The Morgan fingerprint density at radius 1 is 0.962 bits per heavy atom. The molecule has 1 N–H and O–H groups in total. The standard InChI is InChI=1S/C22H22FNO2/c1-14-4-8-18(9-5-14)20-15(2)26-16(3)21(20)22(25)24-13-12-17-6-10-19(23)11-7-17/h4-11H,12-13H2,1-3H3,(H,24,25). The highest BCUT2D eigenvalue weighted by molar-refractivity contribution is 6.02. The smallest absolute Gasteiger partial charge is 0.255 e. The van der Waals surface area contributed by atoms with E-state index in [0.29, 0.717) is 24.3 Å². The number of aryl methyl sites for hydroxylation is 3. The molecule has 3 aromatic rings. The zero-order chi connectivity index (χ0) is 18.7. The van der Waals surface area contributed by atoms with Crippen LogP contribution in [0.4, 0.5) is 4.39 Å². The average molecular weight is 351 g/mol. The zero-order valence-electron chi connectivity index (χ0n) is 15.2. The van der Waals surface area contributed by atoms with Crippen LogP contribution < -0.4 is 5.32 Å². The Balaban J connectivity index is 1.76. The number of hydrogen-bond donors (Lipinski definition) is 1. The lowest BCUT2D eigenvalue weighted by atomic mass is 9.99. The molecule has 0 aliphatic carbocycles. The Hall–Kier alpha value is -2.88. The molecule has 0 aliphatic heterocycles. The van der Waals surface area contributed by atoms with Crippen molar-refractivity contribution >= 4 is 5.91 Å². The number of benzene rings is 2. The van der Waals surface area contributed by atoms with Crippen LogP contribution in [0, 0.1) is 26.6 Å². The maximum Gasteiger partial charge on any atom is 0.255 e. The molecule has 2 aromatic carbocycles. The second-order valence-electron chi connectivity index (χ2n) is 6.46. The molecule has 0 spiro atoms. The Morgan fingerprint density at radius 2 is 1.62 bits per heavy atom. The third-order valence-corrected chi connectivity index (χ3v) is 4.44. The van der Waals surface area contributed by atoms with Gasteiger partial charge >= 0.3 is 0 Å². The molecule has 0 fully saturated rings.